The van der Waals surface area contributed by atoms with Gasteiger partial charge in [0.15, 0.2) is 4.80 Å². The van der Waals surface area contributed by atoms with Crippen LogP contribution >= 0.6 is 11.3 Å². The molecular weight excluding hydrogens is 536 g/mol. The van der Waals surface area contributed by atoms with Crippen LogP contribution < -0.4 is 14.3 Å². The van der Waals surface area contributed by atoms with Gasteiger partial charge < -0.3 is 23.7 Å². The van der Waals surface area contributed by atoms with Crippen molar-refractivity contribution in [2.24, 2.45) is 4.99 Å². The summed E-state index contributed by atoms with van der Waals surface area (Å²) in [4.78, 5) is 8.43. The van der Waals surface area contributed by atoms with Crippen molar-refractivity contribution in [1.82, 2.24) is 13.8 Å². The molecule has 2 heterocycles. The molecule has 11 heteroatoms. The molecule has 0 atom stereocenters. The molecule has 39 heavy (non-hydrogen) atoms. The van der Waals surface area contributed by atoms with Gasteiger partial charge in [0.25, 0.3) is 0 Å². The van der Waals surface area contributed by atoms with Crippen LogP contribution in [0.2, 0.25) is 0 Å². The van der Waals surface area contributed by atoms with Gasteiger partial charge in [0.05, 0.1) is 43.7 Å². The minimum Gasteiger partial charge on any atom is -0.497 e. The first-order valence-corrected chi connectivity index (χ1v) is 15.6. The highest BCUT2D eigenvalue weighted by molar-refractivity contribution is 7.89. The van der Waals surface area contributed by atoms with E-state index in [1.807, 2.05) is 18.2 Å². The zero-order valence-corrected chi connectivity index (χ0v) is 24.8. The maximum Gasteiger partial charge on any atom is 0.243 e. The highest BCUT2D eigenvalue weighted by Crippen LogP contribution is 2.34. The first kappa shape index (κ1) is 29.3. The van der Waals surface area contributed by atoms with E-state index in [0.29, 0.717) is 32.0 Å². The van der Waals surface area contributed by atoms with Crippen LogP contribution in [-0.4, -0.2) is 82.3 Å². The van der Waals surface area contributed by atoms with E-state index in [4.69, 9.17) is 19.2 Å². The molecule has 1 aliphatic heterocycles. The van der Waals surface area contributed by atoms with E-state index >= 15 is 0 Å². The topological polar surface area (TPSA) is 85.6 Å². The van der Waals surface area contributed by atoms with Crippen molar-refractivity contribution in [2.45, 2.75) is 31.7 Å². The predicted octanol–water partition coefficient (Wildman–Crippen LogP) is 4.22. The molecule has 0 amide bonds. The monoisotopic (exact) mass is 574 g/mol. The molecule has 1 aromatic heterocycles. The van der Waals surface area contributed by atoms with Gasteiger partial charge in [-0.15, -0.1) is 11.3 Å². The fourth-order valence-electron chi connectivity index (χ4n) is 4.60. The lowest BCUT2D eigenvalue weighted by atomic mass is 10.1. The Morgan fingerprint density at radius 1 is 1.03 bits per heavy atom. The lowest BCUT2D eigenvalue weighted by Crippen LogP contribution is -2.40. The molecule has 2 aromatic carbocycles. The van der Waals surface area contributed by atoms with E-state index in [2.05, 4.69) is 28.7 Å². The number of methoxy groups -OCH3 is 2. The van der Waals surface area contributed by atoms with Crippen molar-refractivity contribution in [3.63, 3.8) is 0 Å². The summed E-state index contributed by atoms with van der Waals surface area (Å²) in [6, 6.07) is 12.6. The Bertz CT molecular complexity index is 1390. The van der Waals surface area contributed by atoms with Crippen LogP contribution in [0.25, 0.3) is 11.3 Å². The Morgan fingerprint density at radius 2 is 1.74 bits per heavy atom. The van der Waals surface area contributed by atoms with Gasteiger partial charge in [0.2, 0.25) is 10.0 Å². The molecule has 9 nitrogen and oxygen atoms in total. The fourth-order valence-corrected chi connectivity index (χ4v) is 6.95. The Morgan fingerprint density at radius 3 is 2.38 bits per heavy atom. The molecule has 1 aliphatic rings. The molecule has 4 rings (SSSR count). The van der Waals surface area contributed by atoms with Crippen molar-refractivity contribution in [3.05, 3.63) is 52.6 Å². The molecule has 0 unspecified atom stereocenters. The van der Waals surface area contributed by atoms with Crippen LogP contribution in [0.3, 0.4) is 0 Å². The van der Waals surface area contributed by atoms with E-state index in [1.54, 1.807) is 49.8 Å². The fraction of sp³-hybridized carbons (Fsp3) is 0.464. The zero-order chi connectivity index (χ0) is 27.8. The van der Waals surface area contributed by atoms with Gasteiger partial charge in [-0.3, -0.25) is 0 Å². The van der Waals surface area contributed by atoms with Gasteiger partial charge in [-0.25, -0.2) is 13.4 Å². The Labute approximate surface area is 235 Å². The second kappa shape index (κ2) is 13.6. The quantitative estimate of drug-likeness (QED) is 0.322. The summed E-state index contributed by atoms with van der Waals surface area (Å²) < 4.78 is 46.2. The van der Waals surface area contributed by atoms with Crippen molar-refractivity contribution in [2.75, 3.05) is 60.2 Å². The summed E-state index contributed by atoms with van der Waals surface area (Å²) in [5.74, 6) is 1.51. The van der Waals surface area contributed by atoms with Gasteiger partial charge in [-0.2, -0.15) is 4.31 Å². The molecule has 0 bridgehead atoms. The predicted molar refractivity (Wildman–Crippen MR) is 154 cm³/mol. The van der Waals surface area contributed by atoms with Crippen molar-refractivity contribution >= 4 is 27.0 Å². The van der Waals surface area contributed by atoms with Crippen LogP contribution in [0.5, 0.6) is 11.5 Å². The van der Waals surface area contributed by atoms with Gasteiger partial charge >= 0.3 is 0 Å². The van der Waals surface area contributed by atoms with Gasteiger partial charge in [-0.1, -0.05) is 13.8 Å². The third-order valence-corrected chi connectivity index (χ3v) is 9.68. The number of hydrogen-bond acceptors (Lipinski definition) is 8. The number of ether oxygens (including phenoxy) is 3. The third kappa shape index (κ3) is 6.90. The number of aromatic nitrogens is 1. The number of benzene rings is 2. The highest BCUT2D eigenvalue weighted by Gasteiger charge is 2.26. The second-order valence-electron chi connectivity index (χ2n) is 9.12. The van der Waals surface area contributed by atoms with Gasteiger partial charge in [0.1, 0.15) is 11.5 Å². The first-order valence-electron chi connectivity index (χ1n) is 13.3. The lowest BCUT2D eigenvalue weighted by molar-refractivity contribution is 0.0730. The maximum atomic E-state index is 13.0. The molecule has 0 radical (unpaired) electrons. The molecule has 1 saturated heterocycles. The Hall–Kier alpha value is -2.70. The summed E-state index contributed by atoms with van der Waals surface area (Å²) >= 11 is 1.55. The van der Waals surface area contributed by atoms with E-state index < -0.39 is 10.0 Å². The summed E-state index contributed by atoms with van der Waals surface area (Å²) in [5.41, 5.74) is 2.63. The average molecular weight is 575 g/mol. The smallest absolute Gasteiger partial charge is 0.243 e. The molecule has 0 saturated carbocycles. The Kier molecular flexibility index (Phi) is 10.2. The normalized spacial score (nSPS) is 15.2. The molecule has 0 aliphatic carbocycles. The van der Waals surface area contributed by atoms with E-state index in [-0.39, 0.29) is 4.90 Å². The van der Waals surface area contributed by atoms with Crippen LogP contribution in [-0.2, 0) is 21.3 Å². The lowest BCUT2D eigenvalue weighted by Gasteiger charge is -2.26. The molecule has 0 N–H and O–H groups in total. The van der Waals surface area contributed by atoms with E-state index in [9.17, 15) is 8.42 Å². The summed E-state index contributed by atoms with van der Waals surface area (Å²) in [7, 11) is -0.232. The second-order valence-corrected chi connectivity index (χ2v) is 11.9. The molecular formula is C28H38N4O5S2. The SMILES string of the molecule is CCN(CC)CCCn1c(-c2cc(OC)ccc2OC)csc1=Nc1ccc(S(=O)(=O)N2CCOCC2)cc1. The standard InChI is InChI=1S/C28H38N4O5S2/c1-5-30(6-2)14-7-15-32-26(25-20-23(35-3)10-13-27(25)36-4)21-38-28(32)29-22-8-11-24(12-9-22)39(33,34)31-16-18-37-19-17-31/h8-13,20-21H,5-7,14-19H2,1-4H3. The maximum absolute atomic E-state index is 13.0. The first-order chi connectivity index (χ1) is 18.9. The minimum absolute atomic E-state index is 0.267. The number of sulfonamides is 1. The highest BCUT2D eigenvalue weighted by atomic mass is 32.2. The molecule has 212 valence electrons. The van der Waals surface area contributed by atoms with E-state index in [0.717, 1.165) is 60.2 Å². The Balaban J connectivity index is 1.69. The summed E-state index contributed by atoms with van der Waals surface area (Å²) in [6.45, 7) is 9.71. The zero-order valence-electron chi connectivity index (χ0n) is 23.1. The number of morpholine rings is 1. The van der Waals surface area contributed by atoms with Crippen LogP contribution in [0, 0.1) is 0 Å². The number of rotatable bonds is 12. The molecule has 3 aromatic rings. The average Bonchev–Trinajstić information content (AvgIpc) is 3.37. The van der Waals surface area contributed by atoms with Crippen LogP contribution in [0.4, 0.5) is 5.69 Å². The van der Waals surface area contributed by atoms with Gasteiger partial charge in [-0.05, 0) is 68.5 Å². The van der Waals surface area contributed by atoms with Crippen molar-refractivity contribution in [3.8, 4) is 22.8 Å². The number of thiazole rings is 1. The third-order valence-electron chi connectivity index (χ3n) is 6.90. The number of nitrogens with zero attached hydrogens (tertiary/aromatic N) is 4. The van der Waals surface area contributed by atoms with Crippen LogP contribution in [0.15, 0.2) is 57.7 Å². The van der Waals surface area contributed by atoms with Crippen molar-refractivity contribution in [1.29, 1.82) is 0 Å². The number of hydrogen-bond donors (Lipinski definition) is 0. The molecule has 1 fully saturated rings. The summed E-state index contributed by atoms with van der Waals surface area (Å²) in [5, 5.41) is 2.09. The minimum atomic E-state index is -3.55. The van der Waals surface area contributed by atoms with Gasteiger partial charge in [0, 0.05) is 30.6 Å². The largest absolute Gasteiger partial charge is 0.497 e. The summed E-state index contributed by atoms with van der Waals surface area (Å²) in [6.07, 6.45) is 0.960. The van der Waals surface area contributed by atoms with Crippen LogP contribution in [0.1, 0.15) is 20.3 Å². The van der Waals surface area contributed by atoms with Crippen molar-refractivity contribution < 1.29 is 22.6 Å². The molecule has 0 spiro atoms. The van der Waals surface area contributed by atoms with E-state index in [1.165, 1.54) is 4.31 Å².